The van der Waals surface area contributed by atoms with E-state index < -0.39 is 17.4 Å². The molecule has 0 aromatic rings. The van der Waals surface area contributed by atoms with Gasteiger partial charge in [-0.15, -0.1) is 0 Å². The van der Waals surface area contributed by atoms with Gasteiger partial charge < -0.3 is 19.0 Å². The van der Waals surface area contributed by atoms with Crippen LogP contribution in [0.3, 0.4) is 0 Å². The van der Waals surface area contributed by atoms with Crippen LogP contribution >= 0.6 is 0 Å². The highest BCUT2D eigenvalue weighted by molar-refractivity contribution is 5.69. The number of hydrogen-bond donors (Lipinski definition) is 0. The van der Waals surface area contributed by atoms with E-state index in [9.17, 15) is 9.59 Å². The Morgan fingerprint density at radius 3 is 2.59 bits per heavy atom. The maximum Gasteiger partial charge on any atom is 0.412 e. The van der Waals surface area contributed by atoms with Crippen LogP contribution in [0.5, 0.6) is 0 Å². The Balaban J connectivity index is 2.87. The summed E-state index contributed by atoms with van der Waals surface area (Å²) in [5.41, 5.74) is -1.31. The normalized spacial score (nSPS) is 22.5. The summed E-state index contributed by atoms with van der Waals surface area (Å²) in [6.07, 6.45) is 2.21. The highest BCUT2D eigenvalue weighted by Crippen LogP contribution is 2.32. The number of carbonyl (C=O) groups is 2. The molecule has 22 heavy (non-hydrogen) atoms. The van der Waals surface area contributed by atoms with E-state index in [1.807, 2.05) is 34.6 Å². The summed E-state index contributed by atoms with van der Waals surface area (Å²) in [6.45, 7) is 9.58. The van der Waals surface area contributed by atoms with Gasteiger partial charge in [-0.05, 0) is 47.5 Å². The van der Waals surface area contributed by atoms with Crippen LogP contribution in [0.15, 0.2) is 0 Å². The molecule has 1 saturated heterocycles. The monoisotopic (exact) mass is 315 g/mol. The van der Waals surface area contributed by atoms with Crippen molar-refractivity contribution in [1.82, 2.24) is 4.90 Å². The quantitative estimate of drug-likeness (QED) is 0.557. The molecule has 0 N–H and O–H groups in total. The highest BCUT2D eigenvalue weighted by atomic mass is 16.6. The van der Waals surface area contributed by atoms with Gasteiger partial charge >= 0.3 is 6.09 Å². The third-order valence-electron chi connectivity index (χ3n) is 3.65. The number of hydrogen-bond acceptors (Lipinski definition) is 5. The van der Waals surface area contributed by atoms with Gasteiger partial charge in [-0.3, -0.25) is 4.90 Å². The van der Waals surface area contributed by atoms with Crippen molar-refractivity contribution in [3.63, 3.8) is 0 Å². The van der Waals surface area contributed by atoms with Gasteiger partial charge in [0.15, 0.2) is 0 Å². The van der Waals surface area contributed by atoms with E-state index in [0.29, 0.717) is 19.4 Å². The van der Waals surface area contributed by atoms with Crippen LogP contribution in [-0.2, 0) is 19.0 Å². The third kappa shape index (κ3) is 4.95. The zero-order valence-corrected chi connectivity index (χ0v) is 14.5. The van der Waals surface area contributed by atoms with Gasteiger partial charge in [0, 0.05) is 13.5 Å². The molecule has 1 aliphatic rings. The summed E-state index contributed by atoms with van der Waals surface area (Å²) in [5, 5.41) is 0. The average molecular weight is 315 g/mol. The van der Waals surface area contributed by atoms with Crippen LogP contribution in [0.1, 0.15) is 53.9 Å². The number of carbonyl (C=O) groups excluding carboxylic acids is 2. The second-order valence-corrected chi connectivity index (χ2v) is 7.05. The molecule has 2 atom stereocenters. The Hall–Kier alpha value is -1.14. The van der Waals surface area contributed by atoms with Crippen molar-refractivity contribution in [3.05, 3.63) is 0 Å². The molecule has 1 unspecified atom stereocenters. The number of methoxy groups -OCH3 is 1. The van der Waals surface area contributed by atoms with Gasteiger partial charge in [-0.25, -0.2) is 4.79 Å². The van der Waals surface area contributed by atoms with E-state index in [4.69, 9.17) is 14.2 Å². The lowest BCUT2D eigenvalue weighted by Gasteiger charge is -2.37. The molecule has 1 fully saturated rings. The summed E-state index contributed by atoms with van der Waals surface area (Å²) in [5.74, 6) is 0. The molecule has 1 rings (SSSR count). The van der Waals surface area contributed by atoms with Crippen LogP contribution in [0.2, 0.25) is 0 Å². The average Bonchev–Trinajstić information content (AvgIpc) is 2.68. The Morgan fingerprint density at radius 1 is 1.45 bits per heavy atom. The van der Waals surface area contributed by atoms with E-state index in [0.717, 1.165) is 12.7 Å². The van der Waals surface area contributed by atoms with Gasteiger partial charge in [0.2, 0.25) is 0 Å². The van der Waals surface area contributed by atoms with Gasteiger partial charge in [-0.2, -0.15) is 0 Å². The molecule has 0 aliphatic carbocycles. The zero-order valence-electron chi connectivity index (χ0n) is 14.5. The van der Waals surface area contributed by atoms with Crippen LogP contribution in [0.25, 0.3) is 0 Å². The van der Waals surface area contributed by atoms with Crippen molar-refractivity contribution >= 4 is 12.4 Å². The first-order chi connectivity index (χ1) is 10.1. The van der Waals surface area contributed by atoms with Crippen LogP contribution < -0.4 is 0 Å². The first kappa shape index (κ1) is 18.9. The second kappa shape index (κ2) is 7.42. The molecule has 0 aromatic carbocycles. The fraction of sp³-hybridized carbons (Fsp3) is 0.875. The largest absolute Gasteiger partial charge is 0.444 e. The van der Waals surface area contributed by atoms with Crippen molar-refractivity contribution in [2.75, 3.05) is 13.7 Å². The van der Waals surface area contributed by atoms with Gasteiger partial charge in [0.05, 0.1) is 18.8 Å². The Labute approximate surface area is 133 Å². The lowest BCUT2D eigenvalue weighted by molar-refractivity contribution is -0.108. The molecule has 0 bridgehead atoms. The van der Waals surface area contributed by atoms with Crippen molar-refractivity contribution in [3.8, 4) is 0 Å². The summed E-state index contributed by atoms with van der Waals surface area (Å²) in [7, 11) is 1.62. The van der Waals surface area contributed by atoms with Crippen molar-refractivity contribution in [2.45, 2.75) is 77.4 Å². The van der Waals surface area contributed by atoms with Gasteiger partial charge in [0.1, 0.15) is 17.6 Å². The predicted molar refractivity (Wildman–Crippen MR) is 82.6 cm³/mol. The Kier molecular flexibility index (Phi) is 6.38. The highest BCUT2D eigenvalue weighted by Gasteiger charge is 2.48. The van der Waals surface area contributed by atoms with E-state index in [1.54, 1.807) is 12.0 Å². The molecule has 0 radical (unpaired) electrons. The molecular formula is C16H29NO5. The summed E-state index contributed by atoms with van der Waals surface area (Å²) < 4.78 is 16.8. The molecule has 1 aliphatic heterocycles. The third-order valence-corrected chi connectivity index (χ3v) is 3.65. The standard InChI is InChI=1S/C16H29NO5/c1-15(2,3)22-14(19)17-12(11-21-16(17,4)5)13(20-6)9-7-8-10-18/h10,12-13H,7-9,11H2,1-6H3/t12-,13?/m0/s1. The first-order valence-electron chi connectivity index (χ1n) is 7.75. The number of aldehydes is 1. The molecule has 6 heteroatoms. The molecule has 0 spiro atoms. The van der Waals surface area contributed by atoms with E-state index in [-0.39, 0.29) is 12.1 Å². The molecule has 1 heterocycles. The minimum absolute atomic E-state index is 0.186. The number of unbranched alkanes of at least 4 members (excludes halogenated alkanes) is 1. The number of ether oxygens (including phenoxy) is 3. The van der Waals surface area contributed by atoms with Gasteiger partial charge in [-0.1, -0.05) is 0 Å². The fourth-order valence-corrected chi connectivity index (χ4v) is 2.64. The molecule has 128 valence electrons. The SMILES string of the molecule is COC(CCCC=O)[C@@H]1COC(C)(C)N1C(=O)OC(C)(C)C. The molecule has 0 saturated carbocycles. The lowest BCUT2D eigenvalue weighted by atomic mass is 10.0. The number of amides is 1. The number of nitrogens with zero attached hydrogens (tertiary/aromatic N) is 1. The maximum absolute atomic E-state index is 12.5. The summed E-state index contributed by atoms with van der Waals surface area (Å²) >= 11 is 0. The van der Waals surface area contributed by atoms with Crippen molar-refractivity contribution in [1.29, 1.82) is 0 Å². The molecule has 0 aromatic heterocycles. The zero-order chi connectivity index (χ0) is 17.0. The lowest BCUT2D eigenvalue weighted by Crippen LogP contribution is -2.53. The minimum Gasteiger partial charge on any atom is -0.444 e. The first-order valence-corrected chi connectivity index (χ1v) is 7.75. The predicted octanol–water partition coefficient (Wildman–Crippen LogP) is 2.74. The van der Waals surface area contributed by atoms with Crippen LogP contribution in [0.4, 0.5) is 4.79 Å². The van der Waals surface area contributed by atoms with Crippen LogP contribution in [-0.4, -0.2) is 54.5 Å². The fourth-order valence-electron chi connectivity index (χ4n) is 2.64. The Bertz CT molecular complexity index is 388. The topological polar surface area (TPSA) is 65.1 Å². The maximum atomic E-state index is 12.5. The number of rotatable bonds is 6. The molecule has 6 nitrogen and oxygen atoms in total. The van der Waals surface area contributed by atoms with E-state index in [1.165, 1.54) is 0 Å². The minimum atomic E-state index is -0.742. The van der Waals surface area contributed by atoms with Gasteiger partial charge in [0.25, 0.3) is 0 Å². The molecular weight excluding hydrogens is 286 g/mol. The second-order valence-electron chi connectivity index (χ2n) is 7.05. The van der Waals surface area contributed by atoms with Crippen molar-refractivity contribution < 1.29 is 23.8 Å². The smallest absolute Gasteiger partial charge is 0.412 e. The molecule has 1 amide bonds. The van der Waals surface area contributed by atoms with Crippen LogP contribution in [0, 0.1) is 0 Å². The summed E-state index contributed by atoms with van der Waals surface area (Å²) in [6, 6.07) is -0.221. The van der Waals surface area contributed by atoms with E-state index >= 15 is 0 Å². The summed E-state index contributed by atoms with van der Waals surface area (Å²) in [4.78, 5) is 24.6. The van der Waals surface area contributed by atoms with E-state index in [2.05, 4.69) is 0 Å². The van der Waals surface area contributed by atoms with Crippen molar-refractivity contribution in [2.24, 2.45) is 0 Å². The Morgan fingerprint density at radius 2 is 2.09 bits per heavy atom.